The van der Waals surface area contributed by atoms with Gasteiger partial charge in [-0.25, -0.2) is 19.6 Å². The van der Waals surface area contributed by atoms with Gasteiger partial charge in [-0.3, -0.25) is 4.79 Å². The summed E-state index contributed by atoms with van der Waals surface area (Å²) in [4.78, 5) is 47.6. The van der Waals surface area contributed by atoms with Crippen LogP contribution in [0.25, 0.3) is 0 Å². The van der Waals surface area contributed by atoms with Gasteiger partial charge < -0.3 is 31.1 Å². The maximum Gasteiger partial charge on any atom is 0.340 e. The van der Waals surface area contributed by atoms with Crippen LogP contribution >= 0.6 is 0 Å². The molecule has 5 N–H and O–H groups in total. The molecule has 1 saturated heterocycles. The van der Waals surface area contributed by atoms with Crippen LogP contribution in [0.4, 0.5) is 11.6 Å². The Labute approximate surface area is 220 Å². The Morgan fingerprint density at radius 1 is 1.00 bits per heavy atom. The molecule has 0 aliphatic carbocycles. The number of hydrogen-bond acceptors (Lipinski definition) is 9. The van der Waals surface area contributed by atoms with Gasteiger partial charge in [0.2, 0.25) is 11.5 Å². The number of nitrogens with zero attached hydrogens (tertiary/aromatic N) is 3. The Bertz CT molecular complexity index is 1230. The summed E-state index contributed by atoms with van der Waals surface area (Å²) in [5.41, 5.74) is 5.40. The number of benzene rings is 2. The molecule has 1 aliphatic rings. The summed E-state index contributed by atoms with van der Waals surface area (Å²) < 4.78 is 5.10. The van der Waals surface area contributed by atoms with Gasteiger partial charge in [-0.1, -0.05) is 30.3 Å². The molecule has 1 fully saturated rings. The van der Waals surface area contributed by atoms with Crippen LogP contribution in [0.3, 0.4) is 0 Å². The van der Waals surface area contributed by atoms with Crippen LogP contribution in [-0.4, -0.2) is 64.1 Å². The Morgan fingerprint density at radius 3 is 2.29 bits per heavy atom. The second-order valence-corrected chi connectivity index (χ2v) is 9.05. The van der Waals surface area contributed by atoms with Crippen molar-refractivity contribution in [2.45, 2.75) is 31.0 Å². The molecule has 0 saturated carbocycles. The molecule has 198 valence electrons. The quantitative estimate of drug-likeness (QED) is 0.230. The summed E-state index contributed by atoms with van der Waals surface area (Å²) in [5.74, 6) is -2.66. The third kappa shape index (κ3) is 6.62. The number of piperidine rings is 1. The van der Waals surface area contributed by atoms with E-state index < -0.39 is 29.9 Å². The average molecular weight is 519 g/mol. The van der Waals surface area contributed by atoms with E-state index in [0.717, 1.165) is 31.6 Å². The number of nitrogens with one attached hydrogen (secondary N) is 2. The summed E-state index contributed by atoms with van der Waals surface area (Å²) in [6.07, 6.45) is 5.23. The van der Waals surface area contributed by atoms with Crippen LogP contribution in [0.5, 0.6) is 0 Å². The number of aliphatic carboxylic acids is 1. The topological polar surface area (TPSA) is 160 Å². The fraction of sp³-hybridized carbons (Fsp3) is 0.296. The number of carboxylic acid groups (broad SMARTS) is 1. The summed E-state index contributed by atoms with van der Waals surface area (Å²) >= 11 is 0. The number of esters is 1. The van der Waals surface area contributed by atoms with E-state index in [-0.39, 0.29) is 12.6 Å². The number of carbonyl (C=O) groups excluding carboxylic acids is 2. The molecule has 0 bridgehead atoms. The van der Waals surface area contributed by atoms with E-state index in [2.05, 4.69) is 25.5 Å². The number of rotatable bonds is 10. The van der Waals surface area contributed by atoms with Crippen LogP contribution in [0.2, 0.25) is 0 Å². The highest BCUT2D eigenvalue weighted by atomic mass is 16.5. The number of ether oxygens (including phenoxy) is 1. The highest BCUT2D eigenvalue weighted by Gasteiger charge is 2.44. The lowest BCUT2D eigenvalue weighted by Crippen LogP contribution is -2.62. The van der Waals surface area contributed by atoms with Crippen molar-refractivity contribution < 1.29 is 24.2 Å². The Morgan fingerprint density at radius 2 is 1.66 bits per heavy atom. The van der Waals surface area contributed by atoms with Crippen molar-refractivity contribution in [3.05, 3.63) is 84.2 Å². The predicted molar refractivity (Wildman–Crippen MR) is 140 cm³/mol. The summed E-state index contributed by atoms with van der Waals surface area (Å²) in [7, 11) is 0. The lowest BCUT2D eigenvalue weighted by molar-refractivity contribution is -0.161. The predicted octanol–water partition coefficient (Wildman–Crippen LogP) is 1.81. The molecule has 1 aromatic heterocycles. The zero-order valence-electron chi connectivity index (χ0n) is 20.7. The van der Waals surface area contributed by atoms with Gasteiger partial charge in [0.15, 0.2) is 0 Å². The highest BCUT2D eigenvalue weighted by Crippen LogP contribution is 2.22. The molecule has 1 unspecified atom stereocenters. The minimum absolute atomic E-state index is 0.130. The molecule has 1 atom stereocenters. The SMILES string of the molecule is NC(CNC(=O)c1ccc(N2CCC(Nc3ncccn3)CC2)cc1)(C(=O)O)C(=O)OCc1ccccc1. The fourth-order valence-electron chi connectivity index (χ4n) is 4.07. The standard InChI is InChI=1S/C27H30N6O5/c28-27(24(35)36,25(37)38-17-19-5-2-1-3-6-19)18-31-23(34)20-7-9-22(10-8-20)33-15-11-21(12-16-33)32-26-29-13-4-14-30-26/h1-10,13-14,21H,11-12,15-18,28H2,(H,31,34)(H,35,36)(H,29,30,32). The van der Waals surface area contributed by atoms with Crippen LogP contribution in [0.1, 0.15) is 28.8 Å². The molecule has 38 heavy (non-hydrogen) atoms. The number of nitrogens with two attached hydrogens (primary N) is 1. The number of amides is 1. The van der Waals surface area contributed by atoms with E-state index in [9.17, 15) is 19.5 Å². The van der Waals surface area contributed by atoms with E-state index in [1.54, 1.807) is 60.9 Å². The molecular weight excluding hydrogens is 488 g/mol. The van der Waals surface area contributed by atoms with E-state index in [1.165, 1.54) is 0 Å². The third-order valence-corrected chi connectivity index (χ3v) is 6.38. The van der Waals surface area contributed by atoms with Gasteiger partial charge in [0, 0.05) is 42.8 Å². The van der Waals surface area contributed by atoms with Gasteiger partial charge >= 0.3 is 11.9 Å². The molecule has 11 nitrogen and oxygen atoms in total. The van der Waals surface area contributed by atoms with Crippen LogP contribution < -0.4 is 21.3 Å². The summed E-state index contributed by atoms with van der Waals surface area (Å²) in [6, 6.07) is 17.8. The molecule has 2 heterocycles. The molecule has 1 aliphatic heterocycles. The van der Waals surface area contributed by atoms with E-state index >= 15 is 0 Å². The van der Waals surface area contributed by atoms with Crippen molar-refractivity contribution in [1.82, 2.24) is 15.3 Å². The molecular formula is C27H30N6O5. The van der Waals surface area contributed by atoms with Gasteiger partial charge in [-0.05, 0) is 48.7 Å². The van der Waals surface area contributed by atoms with Gasteiger partial charge in [0.1, 0.15) is 6.61 Å². The number of carboxylic acids is 1. The molecule has 0 radical (unpaired) electrons. The molecule has 4 rings (SSSR count). The van der Waals surface area contributed by atoms with Crippen molar-refractivity contribution in [3.8, 4) is 0 Å². The first-order valence-corrected chi connectivity index (χ1v) is 12.3. The van der Waals surface area contributed by atoms with Crippen molar-refractivity contribution in [2.24, 2.45) is 5.73 Å². The number of aromatic nitrogens is 2. The normalized spacial score (nSPS) is 15.2. The zero-order valence-corrected chi connectivity index (χ0v) is 20.7. The second-order valence-electron chi connectivity index (χ2n) is 9.05. The van der Waals surface area contributed by atoms with E-state index in [4.69, 9.17) is 10.5 Å². The lowest BCUT2D eigenvalue weighted by Gasteiger charge is -2.34. The van der Waals surface area contributed by atoms with Crippen molar-refractivity contribution in [2.75, 3.05) is 29.9 Å². The fourth-order valence-corrected chi connectivity index (χ4v) is 4.07. The highest BCUT2D eigenvalue weighted by molar-refractivity contribution is 6.05. The van der Waals surface area contributed by atoms with Crippen LogP contribution in [0.15, 0.2) is 73.1 Å². The largest absolute Gasteiger partial charge is 0.479 e. The third-order valence-electron chi connectivity index (χ3n) is 6.38. The van der Waals surface area contributed by atoms with Crippen LogP contribution in [-0.2, 0) is 20.9 Å². The first kappa shape index (κ1) is 26.6. The van der Waals surface area contributed by atoms with Gasteiger partial charge in [0.05, 0.1) is 6.54 Å². The average Bonchev–Trinajstić information content (AvgIpc) is 2.96. The molecule has 0 spiro atoms. The first-order chi connectivity index (χ1) is 18.3. The van der Waals surface area contributed by atoms with Crippen molar-refractivity contribution in [1.29, 1.82) is 0 Å². The Hall–Kier alpha value is -4.51. The summed E-state index contributed by atoms with van der Waals surface area (Å²) in [6.45, 7) is 0.904. The van der Waals surface area contributed by atoms with Gasteiger partial charge in [-0.15, -0.1) is 0 Å². The lowest BCUT2D eigenvalue weighted by atomic mass is 10.0. The maximum absolute atomic E-state index is 12.7. The van der Waals surface area contributed by atoms with Crippen molar-refractivity contribution >= 4 is 29.5 Å². The molecule has 2 aromatic carbocycles. The zero-order chi connectivity index (χ0) is 27.0. The van der Waals surface area contributed by atoms with Crippen LogP contribution in [0, 0.1) is 0 Å². The summed E-state index contributed by atoms with van der Waals surface area (Å²) in [5, 5.41) is 15.4. The van der Waals surface area contributed by atoms with Crippen molar-refractivity contribution in [3.63, 3.8) is 0 Å². The number of carbonyl (C=O) groups is 3. The van der Waals surface area contributed by atoms with Gasteiger partial charge in [0.25, 0.3) is 5.91 Å². The Kier molecular flexibility index (Phi) is 8.49. The first-order valence-electron chi connectivity index (χ1n) is 12.3. The number of anilines is 2. The second kappa shape index (κ2) is 12.2. The minimum Gasteiger partial charge on any atom is -0.479 e. The smallest absolute Gasteiger partial charge is 0.340 e. The molecule has 11 heteroatoms. The van der Waals surface area contributed by atoms with E-state index in [1.807, 2.05) is 12.1 Å². The molecule has 3 aromatic rings. The van der Waals surface area contributed by atoms with Gasteiger partial charge in [-0.2, -0.15) is 0 Å². The Balaban J connectivity index is 1.28. The van der Waals surface area contributed by atoms with E-state index in [0.29, 0.717) is 17.1 Å². The molecule has 1 amide bonds. The number of hydrogen-bond donors (Lipinski definition) is 4. The minimum atomic E-state index is -2.42. The maximum atomic E-state index is 12.7. The monoisotopic (exact) mass is 518 g/mol.